The van der Waals surface area contributed by atoms with Crippen molar-refractivity contribution in [1.29, 1.82) is 0 Å². The number of rotatable bonds is 4. The molecule has 4 rings (SSSR count). The van der Waals surface area contributed by atoms with E-state index < -0.39 is 17.7 Å². The van der Waals surface area contributed by atoms with Gasteiger partial charge in [-0.05, 0) is 42.7 Å². The quantitative estimate of drug-likeness (QED) is 0.648. The van der Waals surface area contributed by atoms with Crippen LogP contribution < -0.4 is 5.32 Å². The monoisotopic (exact) mass is 429 g/mol. The van der Waals surface area contributed by atoms with E-state index in [1.807, 2.05) is 24.3 Å². The lowest BCUT2D eigenvalue weighted by molar-refractivity contribution is -0.137. The molecule has 0 spiro atoms. The summed E-state index contributed by atoms with van der Waals surface area (Å²) < 4.78 is 38.6. The lowest BCUT2D eigenvalue weighted by Gasteiger charge is -2.31. The molecule has 0 aliphatic carbocycles. The Bertz CT molecular complexity index is 1070. The Balaban J connectivity index is 1.38. The summed E-state index contributed by atoms with van der Waals surface area (Å²) in [6.45, 7) is 0.851. The Morgan fingerprint density at radius 2 is 1.90 bits per heavy atom. The van der Waals surface area contributed by atoms with E-state index in [1.165, 1.54) is 6.07 Å². The molecule has 1 aliphatic heterocycles. The minimum absolute atomic E-state index is 0.00914. The van der Waals surface area contributed by atoms with E-state index in [4.69, 9.17) is 0 Å². The molecule has 1 saturated heterocycles. The molecule has 2 aromatic carbocycles. The summed E-state index contributed by atoms with van der Waals surface area (Å²) in [6, 6.07) is 14.3. The molecule has 5 nitrogen and oxygen atoms in total. The van der Waals surface area contributed by atoms with Crippen molar-refractivity contribution in [3.8, 4) is 0 Å². The SMILES string of the molecule is O=C(NCc1cccc(C(F)(F)F)c1)C1CCCN(C(=O)c2cc3ccccc3[nH]2)C1. The molecule has 2 heterocycles. The number of hydrogen-bond donors (Lipinski definition) is 2. The summed E-state index contributed by atoms with van der Waals surface area (Å²) >= 11 is 0. The Labute approximate surface area is 177 Å². The third-order valence-corrected chi connectivity index (χ3v) is 5.56. The summed E-state index contributed by atoms with van der Waals surface area (Å²) in [4.78, 5) is 30.3. The number of likely N-dealkylation sites (tertiary alicyclic amines) is 1. The molecule has 3 aromatic rings. The van der Waals surface area contributed by atoms with Gasteiger partial charge in [-0.2, -0.15) is 13.2 Å². The number of nitrogens with one attached hydrogen (secondary N) is 2. The van der Waals surface area contributed by atoms with E-state index in [1.54, 1.807) is 17.0 Å². The van der Waals surface area contributed by atoms with Crippen LogP contribution in [0.1, 0.15) is 34.5 Å². The molecule has 1 fully saturated rings. The number of aromatic amines is 1. The maximum atomic E-state index is 12.9. The van der Waals surface area contributed by atoms with Crippen LogP contribution in [0, 0.1) is 5.92 Å². The van der Waals surface area contributed by atoms with Crippen LogP contribution in [0.15, 0.2) is 54.6 Å². The highest BCUT2D eigenvalue weighted by Gasteiger charge is 2.31. The summed E-state index contributed by atoms with van der Waals surface area (Å²) in [5, 5.41) is 3.66. The van der Waals surface area contributed by atoms with Crippen molar-refractivity contribution >= 4 is 22.7 Å². The second-order valence-electron chi connectivity index (χ2n) is 7.78. The summed E-state index contributed by atoms with van der Waals surface area (Å²) in [7, 11) is 0. The van der Waals surface area contributed by atoms with Gasteiger partial charge in [0.1, 0.15) is 5.69 Å². The van der Waals surface area contributed by atoms with Gasteiger partial charge in [-0.15, -0.1) is 0 Å². The Hall–Kier alpha value is -3.29. The second-order valence-corrected chi connectivity index (χ2v) is 7.78. The molecule has 0 saturated carbocycles. The van der Waals surface area contributed by atoms with E-state index in [0.717, 1.165) is 23.0 Å². The van der Waals surface area contributed by atoms with Crippen molar-refractivity contribution in [2.24, 2.45) is 5.92 Å². The number of hydrogen-bond acceptors (Lipinski definition) is 2. The molecule has 2 N–H and O–H groups in total. The van der Waals surface area contributed by atoms with E-state index in [-0.39, 0.29) is 24.9 Å². The first-order valence-electron chi connectivity index (χ1n) is 10.1. The number of para-hydroxylation sites is 1. The van der Waals surface area contributed by atoms with Crippen LogP contribution in [0.2, 0.25) is 0 Å². The third-order valence-electron chi connectivity index (χ3n) is 5.56. The molecule has 0 radical (unpaired) electrons. The number of halogens is 3. The first kappa shape index (κ1) is 21.0. The van der Waals surface area contributed by atoms with Crippen LogP contribution in [-0.4, -0.2) is 34.8 Å². The fourth-order valence-electron chi connectivity index (χ4n) is 3.93. The average Bonchev–Trinajstić information content (AvgIpc) is 3.21. The molecule has 162 valence electrons. The van der Waals surface area contributed by atoms with Gasteiger partial charge in [0.05, 0.1) is 11.5 Å². The number of piperidine rings is 1. The molecule has 8 heteroatoms. The summed E-state index contributed by atoms with van der Waals surface area (Å²) in [5.41, 5.74) is 0.987. The standard InChI is InChI=1S/C23H22F3N3O2/c24-23(25,26)18-8-3-5-15(11-18)13-27-21(30)17-7-4-10-29(14-17)22(31)20-12-16-6-1-2-9-19(16)28-20/h1-3,5-6,8-9,11-12,17,28H,4,7,10,13-14H2,(H,27,30). The average molecular weight is 429 g/mol. The predicted octanol–water partition coefficient (Wildman–Crippen LogP) is 4.36. The minimum atomic E-state index is -4.42. The van der Waals surface area contributed by atoms with Gasteiger partial charge in [0, 0.05) is 30.5 Å². The van der Waals surface area contributed by atoms with Crippen LogP contribution in [0.5, 0.6) is 0 Å². The Morgan fingerprint density at radius 3 is 2.68 bits per heavy atom. The molecule has 1 unspecified atom stereocenters. The lowest BCUT2D eigenvalue weighted by atomic mass is 9.96. The van der Waals surface area contributed by atoms with Gasteiger partial charge in [0.2, 0.25) is 5.91 Å². The highest BCUT2D eigenvalue weighted by molar-refractivity contribution is 5.98. The molecule has 1 aromatic heterocycles. The topological polar surface area (TPSA) is 65.2 Å². The van der Waals surface area contributed by atoms with Crippen LogP contribution in [-0.2, 0) is 17.5 Å². The van der Waals surface area contributed by atoms with E-state index >= 15 is 0 Å². The number of carbonyl (C=O) groups is 2. The number of alkyl halides is 3. The zero-order valence-electron chi connectivity index (χ0n) is 16.7. The summed E-state index contributed by atoms with van der Waals surface area (Å²) in [5.74, 6) is -0.814. The highest BCUT2D eigenvalue weighted by Crippen LogP contribution is 2.29. The molecule has 31 heavy (non-hydrogen) atoms. The summed E-state index contributed by atoms with van der Waals surface area (Å²) in [6.07, 6.45) is -3.11. The normalized spacial score (nSPS) is 17.0. The number of carbonyl (C=O) groups excluding carboxylic acids is 2. The smallest absolute Gasteiger partial charge is 0.352 e. The lowest BCUT2D eigenvalue weighted by Crippen LogP contribution is -2.45. The molecular formula is C23H22F3N3O2. The van der Waals surface area contributed by atoms with E-state index in [9.17, 15) is 22.8 Å². The van der Waals surface area contributed by atoms with Crippen molar-refractivity contribution in [1.82, 2.24) is 15.2 Å². The van der Waals surface area contributed by atoms with Crippen LogP contribution in [0.3, 0.4) is 0 Å². The molecule has 2 amide bonds. The second kappa shape index (κ2) is 8.45. The number of fused-ring (bicyclic) bond motifs is 1. The largest absolute Gasteiger partial charge is 0.416 e. The van der Waals surface area contributed by atoms with E-state index in [0.29, 0.717) is 30.6 Å². The Kier molecular flexibility index (Phi) is 5.71. The zero-order valence-corrected chi connectivity index (χ0v) is 16.7. The number of amides is 2. The number of H-pyrrole nitrogens is 1. The van der Waals surface area contributed by atoms with Gasteiger partial charge in [0.15, 0.2) is 0 Å². The van der Waals surface area contributed by atoms with Crippen molar-refractivity contribution in [3.63, 3.8) is 0 Å². The zero-order chi connectivity index (χ0) is 22.0. The van der Waals surface area contributed by atoms with Crippen LogP contribution in [0.25, 0.3) is 10.9 Å². The third kappa shape index (κ3) is 4.73. The molecular weight excluding hydrogens is 407 g/mol. The fraction of sp³-hybridized carbons (Fsp3) is 0.304. The number of nitrogens with zero attached hydrogens (tertiary/aromatic N) is 1. The van der Waals surface area contributed by atoms with Gasteiger partial charge < -0.3 is 15.2 Å². The van der Waals surface area contributed by atoms with Gasteiger partial charge in [-0.1, -0.05) is 30.3 Å². The van der Waals surface area contributed by atoms with Crippen molar-refractivity contribution < 1.29 is 22.8 Å². The molecule has 1 aliphatic rings. The van der Waals surface area contributed by atoms with Crippen molar-refractivity contribution in [2.45, 2.75) is 25.6 Å². The molecule has 0 bridgehead atoms. The van der Waals surface area contributed by atoms with Crippen molar-refractivity contribution in [3.05, 3.63) is 71.4 Å². The maximum Gasteiger partial charge on any atom is 0.416 e. The molecule has 1 atom stereocenters. The Morgan fingerprint density at radius 1 is 1.10 bits per heavy atom. The number of benzene rings is 2. The number of aromatic nitrogens is 1. The van der Waals surface area contributed by atoms with Gasteiger partial charge in [-0.25, -0.2) is 0 Å². The van der Waals surface area contributed by atoms with Crippen LogP contribution >= 0.6 is 0 Å². The predicted molar refractivity (Wildman–Crippen MR) is 110 cm³/mol. The van der Waals surface area contributed by atoms with Gasteiger partial charge in [0.25, 0.3) is 5.91 Å². The first-order valence-corrected chi connectivity index (χ1v) is 10.1. The minimum Gasteiger partial charge on any atom is -0.352 e. The maximum absolute atomic E-state index is 12.9. The first-order chi connectivity index (χ1) is 14.8. The highest BCUT2D eigenvalue weighted by atomic mass is 19.4. The van der Waals surface area contributed by atoms with Gasteiger partial charge in [-0.3, -0.25) is 9.59 Å². The van der Waals surface area contributed by atoms with E-state index in [2.05, 4.69) is 10.3 Å². The van der Waals surface area contributed by atoms with Crippen molar-refractivity contribution in [2.75, 3.05) is 13.1 Å². The van der Waals surface area contributed by atoms with Gasteiger partial charge >= 0.3 is 6.18 Å². The fourth-order valence-corrected chi connectivity index (χ4v) is 3.93. The van der Waals surface area contributed by atoms with Crippen LogP contribution in [0.4, 0.5) is 13.2 Å².